The molecular weight excluding hydrogens is 300 g/mol. The summed E-state index contributed by atoms with van der Waals surface area (Å²) in [6.45, 7) is 0. The number of ether oxygens (including phenoxy) is 1. The SMILES string of the molecule is O=C(Oc1cc(Cl)cc(C(=O)O)c1O)c1ccccc1O. The Bertz CT molecular complexity index is 725. The number of hydrogen-bond donors (Lipinski definition) is 3. The van der Waals surface area contributed by atoms with Gasteiger partial charge in [0.1, 0.15) is 16.9 Å². The van der Waals surface area contributed by atoms with E-state index in [-0.39, 0.29) is 16.3 Å². The van der Waals surface area contributed by atoms with Gasteiger partial charge in [-0.25, -0.2) is 9.59 Å². The summed E-state index contributed by atoms with van der Waals surface area (Å²) in [6.07, 6.45) is 0. The second kappa shape index (κ2) is 5.72. The lowest BCUT2D eigenvalue weighted by Gasteiger charge is -2.09. The molecule has 0 aliphatic heterocycles. The molecule has 2 aromatic rings. The maximum absolute atomic E-state index is 11.9. The lowest BCUT2D eigenvalue weighted by atomic mass is 10.2. The summed E-state index contributed by atoms with van der Waals surface area (Å²) in [5, 5.41) is 28.2. The number of para-hydroxylation sites is 1. The van der Waals surface area contributed by atoms with E-state index in [2.05, 4.69) is 0 Å². The molecule has 0 heterocycles. The van der Waals surface area contributed by atoms with Crippen LogP contribution in [0, 0.1) is 0 Å². The van der Waals surface area contributed by atoms with E-state index in [1.165, 1.54) is 24.3 Å². The van der Waals surface area contributed by atoms with Crippen molar-refractivity contribution in [3.05, 3.63) is 52.5 Å². The van der Waals surface area contributed by atoms with Crippen molar-refractivity contribution in [2.75, 3.05) is 0 Å². The first-order chi connectivity index (χ1) is 9.90. The average molecular weight is 309 g/mol. The lowest BCUT2D eigenvalue weighted by Crippen LogP contribution is -2.09. The van der Waals surface area contributed by atoms with Crippen LogP contribution in [-0.4, -0.2) is 27.3 Å². The number of carbonyl (C=O) groups is 2. The van der Waals surface area contributed by atoms with Gasteiger partial charge < -0.3 is 20.1 Å². The number of carboxylic acids is 1. The molecule has 2 rings (SSSR count). The number of hydrogen-bond acceptors (Lipinski definition) is 5. The fraction of sp³-hybridized carbons (Fsp3) is 0. The Labute approximate surface area is 123 Å². The quantitative estimate of drug-likeness (QED) is 0.595. The fourth-order valence-electron chi connectivity index (χ4n) is 1.62. The number of benzene rings is 2. The van der Waals surface area contributed by atoms with E-state index >= 15 is 0 Å². The van der Waals surface area contributed by atoms with Crippen molar-refractivity contribution in [2.24, 2.45) is 0 Å². The zero-order valence-corrected chi connectivity index (χ0v) is 11.2. The highest BCUT2D eigenvalue weighted by molar-refractivity contribution is 6.31. The van der Waals surface area contributed by atoms with Crippen molar-refractivity contribution in [1.29, 1.82) is 0 Å². The summed E-state index contributed by atoms with van der Waals surface area (Å²) in [5.74, 6) is -3.82. The highest BCUT2D eigenvalue weighted by atomic mass is 35.5. The molecular formula is C14H9ClO6. The molecule has 0 radical (unpaired) electrons. The minimum atomic E-state index is -1.42. The molecule has 0 aliphatic rings. The van der Waals surface area contributed by atoms with Crippen molar-refractivity contribution in [1.82, 2.24) is 0 Å². The fourth-order valence-corrected chi connectivity index (χ4v) is 1.82. The molecule has 0 fully saturated rings. The van der Waals surface area contributed by atoms with Crippen LogP contribution in [0.15, 0.2) is 36.4 Å². The van der Waals surface area contributed by atoms with Crippen LogP contribution in [0.3, 0.4) is 0 Å². The number of phenolic OH excluding ortho intramolecular Hbond substituents is 1. The number of carbonyl (C=O) groups excluding carboxylic acids is 1. The summed E-state index contributed by atoms with van der Waals surface area (Å²) in [6, 6.07) is 7.76. The molecule has 3 N–H and O–H groups in total. The molecule has 0 saturated carbocycles. The lowest BCUT2D eigenvalue weighted by molar-refractivity contribution is 0.0680. The van der Waals surface area contributed by atoms with Crippen LogP contribution < -0.4 is 4.74 Å². The van der Waals surface area contributed by atoms with Gasteiger partial charge in [-0.05, 0) is 18.2 Å². The molecule has 21 heavy (non-hydrogen) atoms. The minimum absolute atomic E-state index is 0.0229. The van der Waals surface area contributed by atoms with Crippen LogP contribution in [0.2, 0.25) is 5.02 Å². The first-order valence-electron chi connectivity index (χ1n) is 5.66. The standard InChI is InChI=1S/C14H9ClO6/c15-7-5-9(13(18)19)12(17)11(6-7)21-14(20)8-3-1-2-4-10(8)16/h1-6,16-17H,(H,18,19). The highest BCUT2D eigenvalue weighted by Crippen LogP contribution is 2.34. The molecule has 6 nitrogen and oxygen atoms in total. The van der Waals surface area contributed by atoms with E-state index < -0.39 is 29.0 Å². The van der Waals surface area contributed by atoms with Gasteiger partial charge in [0, 0.05) is 11.1 Å². The second-order valence-corrected chi connectivity index (χ2v) is 4.45. The van der Waals surface area contributed by atoms with E-state index in [1.807, 2.05) is 0 Å². The minimum Gasteiger partial charge on any atom is -0.507 e. The number of esters is 1. The Balaban J connectivity index is 2.38. The molecule has 0 spiro atoms. The first-order valence-corrected chi connectivity index (χ1v) is 6.04. The van der Waals surface area contributed by atoms with Gasteiger partial charge in [-0.2, -0.15) is 0 Å². The Kier molecular flexibility index (Phi) is 4.00. The summed E-state index contributed by atoms with van der Waals surface area (Å²) < 4.78 is 4.89. The summed E-state index contributed by atoms with van der Waals surface area (Å²) >= 11 is 5.71. The van der Waals surface area contributed by atoms with Crippen LogP contribution in [0.1, 0.15) is 20.7 Å². The molecule has 7 heteroatoms. The van der Waals surface area contributed by atoms with Crippen LogP contribution in [0.25, 0.3) is 0 Å². The second-order valence-electron chi connectivity index (χ2n) is 4.01. The number of aromatic hydroxyl groups is 2. The van der Waals surface area contributed by atoms with Crippen LogP contribution in [-0.2, 0) is 0 Å². The summed E-state index contributed by atoms with van der Waals surface area (Å²) in [5.41, 5.74) is -0.628. The predicted octanol–water partition coefficient (Wildman–Crippen LogP) is 2.67. The molecule has 0 saturated heterocycles. The zero-order chi connectivity index (χ0) is 15.6. The number of halogens is 1. The molecule has 0 amide bonds. The molecule has 0 aromatic heterocycles. The average Bonchev–Trinajstić information content (AvgIpc) is 2.42. The monoisotopic (exact) mass is 308 g/mol. The van der Waals surface area contributed by atoms with Gasteiger partial charge in [0.15, 0.2) is 11.5 Å². The molecule has 2 aromatic carbocycles. The van der Waals surface area contributed by atoms with Gasteiger partial charge in [-0.1, -0.05) is 23.7 Å². The predicted molar refractivity (Wildman–Crippen MR) is 73.1 cm³/mol. The number of rotatable bonds is 3. The van der Waals surface area contributed by atoms with Crippen molar-refractivity contribution in [3.63, 3.8) is 0 Å². The summed E-state index contributed by atoms with van der Waals surface area (Å²) in [4.78, 5) is 22.8. The number of phenols is 2. The Morgan fingerprint density at radius 1 is 1.05 bits per heavy atom. The van der Waals surface area contributed by atoms with Crippen molar-refractivity contribution in [3.8, 4) is 17.2 Å². The van der Waals surface area contributed by atoms with E-state index in [1.54, 1.807) is 0 Å². The molecule has 0 bridgehead atoms. The highest BCUT2D eigenvalue weighted by Gasteiger charge is 2.20. The van der Waals surface area contributed by atoms with Gasteiger partial charge in [0.05, 0.1) is 0 Å². The zero-order valence-electron chi connectivity index (χ0n) is 10.4. The Morgan fingerprint density at radius 3 is 2.33 bits per heavy atom. The Hall–Kier alpha value is -2.73. The van der Waals surface area contributed by atoms with Gasteiger partial charge >= 0.3 is 11.9 Å². The third kappa shape index (κ3) is 3.06. The maximum Gasteiger partial charge on any atom is 0.347 e. The van der Waals surface area contributed by atoms with Gasteiger partial charge in [-0.15, -0.1) is 0 Å². The molecule has 108 valence electrons. The van der Waals surface area contributed by atoms with E-state index in [4.69, 9.17) is 21.4 Å². The summed E-state index contributed by atoms with van der Waals surface area (Å²) in [7, 11) is 0. The van der Waals surface area contributed by atoms with Crippen LogP contribution >= 0.6 is 11.6 Å². The van der Waals surface area contributed by atoms with E-state index in [0.29, 0.717) is 0 Å². The first kappa shape index (κ1) is 14.7. The third-order valence-corrected chi connectivity index (χ3v) is 2.81. The maximum atomic E-state index is 11.9. The number of carboxylic acid groups (broad SMARTS) is 1. The molecule has 0 atom stereocenters. The van der Waals surface area contributed by atoms with Gasteiger partial charge in [0.25, 0.3) is 0 Å². The van der Waals surface area contributed by atoms with Crippen molar-refractivity contribution in [2.45, 2.75) is 0 Å². The van der Waals surface area contributed by atoms with Crippen LogP contribution in [0.5, 0.6) is 17.2 Å². The molecule has 0 aliphatic carbocycles. The van der Waals surface area contributed by atoms with Gasteiger partial charge in [-0.3, -0.25) is 0 Å². The number of aromatic carboxylic acids is 1. The van der Waals surface area contributed by atoms with Crippen LogP contribution in [0.4, 0.5) is 0 Å². The molecule has 0 unspecified atom stereocenters. The van der Waals surface area contributed by atoms with E-state index in [0.717, 1.165) is 12.1 Å². The van der Waals surface area contributed by atoms with Gasteiger partial charge in [0.2, 0.25) is 0 Å². The van der Waals surface area contributed by atoms with E-state index in [9.17, 15) is 19.8 Å². The topological polar surface area (TPSA) is 104 Å². The third-order valence-electron chi connectivity index (χ3n) is 2.60. The smallest absolute Gasteiger partial charge is 0.347 e. The van der Waals surface area contributed by atoms with Crippen molar-refractivity contribution >= 4 is 23.5 Å². The Morgan fingerprint density at radius 2 is 1.71 bits per heavy atom. The largest absolute Gasteiger partial charge is 0.507 e. The van der Waals surface area contributed by atoms with Crippen molar-refractivity contribution < 1.29 is 29.6 Å². The normalized spacial score (nSPS) is 10.1.